The van der Waals surface area contributed by atoms with Crippen LogP contribution in [0.1, 0.15) is 23.5 Å². The third-order valence-corrected chi connectivity index (χ3v) is 3.56. The van der Waals surface area contributed by atoms with E-state index in [2.05, 4.69) is 53.5 Å². The minimum atomic E-state index is 0.356. The van der Waals surface area contributed by atoms with E-state index in [1.54, 1.807) is 6.08 Å². The fourth-order valence-corrected chi connectivity index (χ4v) is 2.81. The molecule has 3 rings (SSSR count). The smallest absolute Gasteiger partial charge is 0.211 e. The summed E-state index contributed by atoms with van der Waals surface area (Å²) in [4.78, 5) is 13.9. The molecule has 0 aliphatic heterocycles. The van der Waals surface area contributed by atoms with Crippen LogP contribution in [0.15, 0.2) is 53.5 Å². The van der Waals surface area contributed by atoms with Crippen molar-refractivity contribution in [1.29, 1.82) is 0 Å². The van der Waals surface area contributed by atoms with Gasteiger partial charge >= 0.3 is 0 Å². The summed E-state index contributed by atoms with van der Waals surface area (Å²) in [6.07, 6.45) is 2.48. The van der Waals surface area contributed by atoms with Crippen molar-refractivity contribution >= 4 is 6.08 Å². The summed E-state index contributed by atoms with van der Waals surface area (Å²) in [5.74, 6) is 0.356. The van der Waals surface area contributed by atoms with E-state index < -0.39 is 0 Å². The molecular weight excluding hydrogens is 222 g/mol. The van der Waals surface area contributed by atoms with E-state index in [-0.39, 0.29) is 0 Å². The average molecular weight is 235 g/mol. The molecule has 1 aliphatic carbocycles. The van der Waals surface area contributed by atoms with Gasteiger partial charge in [0.05, 0.1) is 6.54 Å². The minimum Gasteiger partial charge on any atom is -0.211 e. The Kier molecular flexibility index (Phi) is 2.79. The molecule has 0 radical (unpaired) electrons. The standard InChI is InChI=1S/C16H13NO/c18-11-17-10-9-16-14-7-3-1-5-12(14)13-6-2-4-8-15(13)16/h1-8,16H,9-10H2. The van der Waals surface area contributed by atoms with Crippen LogP contribution in [-0.2, 0) is 4.79 Å². The molecule has 0 amide bonds. The van der Waals surface area contributed by atoms with E-state index in [9.17, 15) is 4.79 Å². The van der Waals surface area contributed by atoms with Crippen molar-refractivity contribution in [3.63, 3.8) is 0 Å². The molecule has 2 nitrogen and oxygen atoms in total. The first-order valence-corrected chi connectivity index (χ1v) is 6.13. The maximum Gasteiger partial charge on any atom is 0.234 e. The molecule has 18 heavy (non-hydrogen) atoms. The second-order valence-electron chi connectivity index (χ2n) is 4.49. The molecular formula is C16H13NO. The number of isocyanates is 1. The molecule has 0 saturated carbocycles. The summed E-state index contributed by atoms with van der Waals surface area (Å²) in [5, 5.41) is 0. The molecule has 0 bridgehead atoms. The van der Waals surface area contributed by atoms with Gasteiger partial charge in [0.25, 0.3) is 0 Å². The van der Waals surface area contributed by atoms with Crippen molar-refractivity contribution in [2.75, 3.05) is 6.54 Å². The number of hydrogen-bond acceptors (Lipinski definition) is 2. The lowest BCUT2D eigenvalue weighted by atomic mass is 9.94. The first-order chi connectivity index (χ1) is 8.92. The van der Waals surface area contributed by atoms with Crippen molar-refractivity contribution in [3.8, 4) is 11.1 Å². The van der Waals surface area contributed by atoms with Gasteiger partial charge in [0.15, 0.2) is 0 Å². The first kappa shape index (κ1) is 10.9. The van der Waals surface area contributed by atoms with Gasteiger partial charge in [-0.05, 0) is 28.7 Å². The van der Waals surface area contributed by atoms with Crippen molar-refractivity contribution in [2.24, 2.45) is 4.99 Å². The normalized spacial score (nSPS) is 12.7. The molecule has 88 valence electrons. The molecule has 0 atom stereocenters. The SMILES string of the molecule is O=C=NCCC1c2ccccc2-c2ccccc21. The monoisotopic (exact) mass is 235 g/mol. The van der Waals surface area contributed by atoms with Crippen molar-refractivity contribution in [2.45, 2.75) is 12.3 Å². The van der Waals surface area contributed by atoms with Crippen LogP contribution in [0.3, 0.4) is 0 Å². The number of benzene rings is 2. The molecule has 2 aromatic carbocycles. The number of nitrogens with zero attached hydrogens (tertiary/aromatic N) is 1. The average Bonchev–Trinajstić information content (AvgIpc) is 2.74. The van der Waals surface area contributed by atoms with Crippen molar-refractivity contribution < 1.29 is 4.79 Å². The van der Waals surface area contributed by atoms with Gasteiger partial charge in [-0.15, -0.1) is 0 Å². The lowest BCUT2D eigenvalue weighted by Crippen LogP contribution is -1.98. The molecule has 0 N–H and O–H groups in total. The maximum atomic E-state index is 10.2. The molecule has 2 aromatic rings. The van der Waals surface area contributed by atoms with Crippen LogP contribution in [0.25, 0.3) is 11.1 Å². The van der Waals surface area contributed by atoms with Gasteiger partial charge < -0.3 is 0 Å². The van der Waals surface area contributed by atoms with Crippen LogP contribution in [0.2, 0.25) is 0 Å². The van der Waals surface area contributed by atoms with Gasteiger partial charge in [-0.2, -0.15) is 0 Å². The lowest BCUT2D eigenvalue weighted by Gasteiger charge is -2.11. The largest absolute Gasteiger partial charge is 0.234 e. The van der Waals surface area contributed by atoms with Crippen LogP contribution in [0.4, 0.5) is 0 Å². The van der Waals surface area contributed by atoms with Gasteiger partial charge in [0, 0.05) is 5.92 Å². The Hall–Kier alpha value is -2.18. The number of fused-ring (bicyclic) bond motifs is 3. The molecule has 2 heteroatoms. The molecule has 1 aliphatic rings. The molecule has 0 fully saturated rings. The molecule has 0 unspecified atom stereocenters. The lowest BCUT2D eigenvalue weighted by molar-refractivity contribution is 0.561. The summed E-state index contributed by atoms with van der Waals surface area (Å²) in [6.45, 7) is 0.539. The highest BCUT2D eigenvalue weighted by Gasteiger charge is 2.27. The Morgan fingerprint density at radius 2 is 1.50 bits per heavy atom. The van der Waals surface area contributed by atoms with Gasteiger partial charge in [0.1, 0.15) is 0 Å². The fraction of sp³-hybridized carbons (Fsp3) is 0.188. The third-order valence-electron chi connectivity index (χ3n) is 3.56. The Morgan fingerprint density at radius 3 is 2.06 bits per heavy atom. The first-order valence-electron chi connectivity index (χ1n) is 6.13. The highest BCUT2D eigenvalue weighted by atomic mass is 16.1. The van der Waals surface area contributed by atoms with E-state index in [0.29, 0.717) is 12.5 Å². The van der Waals surface area contributed by atoms with Crippen molar-refractivity contribution in [3.05, 3.63) is 59.7 Å². The Labute approximate surface area is 106 Å². The van der Waals surface area contributed by atoms with Crippen LogP contribution < -0.4 is 0 Å². The topological polar surface area (TPSA) is 29.4 Å². The van der Waals surface area contributed by atoms with E-state index in [0.717, 1.165) is 6.42 Å². The number of aliphatic imine (C=N–C) groups is 1. The predicted octanol–water partition coefficient (Wildman–Crippen LogP) is 3.52. The Balaban J connectivity index is 2.06. The quantitative estimate of drug-likeness (QED) is 0.591. The minimum absolute atomic E-state index is 0.356. The zero-order valence-electron chi connectivity index (χ0n) is 9.97. The van der Waals surface area contributed by atoms with E-state index >= 15 is 0 Å². The zero-order chi connectivity index (χ0) is 12.4. The Morgan fingerprint density at radius 1 is 0.944 bits per heavy atom. The van der Waals surface area contributed by atoms with E-state index in [1.165, 1.54) is 22.3 Å². The van der Waals surface area contributed by atoms with Crippen LogP contribution in [-0.4, -0.2) is 12.6 Å². The summed E-state index contributed by atoms with van der Waals surface area (Å²) in [6, 6.07) is 17.0. The summed E-state index contributed by atoms with van der Waals surface area (Å²) < 4.78 is 0. The molecule has 0 saturated heterocycles. The second-order valence-corrected chi connectivity index (χ2v) is 4.49. The van der Waals surface area contributed by atoms with E-state index in [4.69, 9.17) is 0 Å². The highest BCUT2D eigenvalue weighted by molar-refractivity contribution is 5.78. The van der Waals surface area contributed by atoms with Gasteiger partial charge in [0.2, 0.25) is 6.08 Å². The van der Waals surface area contributed by atoms with Gasteiger partial charge in [-0.1, -0.05) is 48.5 Å². The van der Waals surface area contributed by atoms with Crippen LogP contribution >= 0.6 is 0 Å². The molecule has 0 heterocycles. The zero-order valence-corrected chi connectivity index (χ0v) is 9.97. The van der Waals surface area contributed by atoms with Crippen molar-refractivity contribution in [1.82, 2.24) is 0 Å². The fourth-order valence-electron chi connectivity index (χ4n) is 2.81. The van der Waals surface area contributed by atoms with Gasteiger partial charge in [-0.3, -0.25) is 0 Å². The van der Waals surface area contributed by atoms with Gasteiger partial charge in [-0.25, -0.2) is 9.79 Å². The summed E-state index contributed by atoms with van der Waals surface area (Å²) in [5.41, 5.74) is 5.32. The maximum absolute atomic E-state index is 10.2. The number of hydrogen-bond donors (Lipinski definition) is 0. The van der Waals surface area contributed by atoms with Crippen LogP contribution in [0.5, 0.6) is 0 Å². The number of rotatable bonds is 3. The highest BCUT2D eigenvalue weighted by Crippen LogP contribution is 2.45. The third kappa shape index (κ3) is 1.68. The molecule has 0 aromatic heterocycles. The van der Waals surface area contributed by atoms with E-state index in [1.807, 2.05) is 0 Å². The number of carbonyl (C=O) groups excluding carboxylic acids is 1. The van der Waals surface area contributed by atoms with Crippen LogP contribution in [0, 0.1) is 0 Å². The second kappa shape index (κ2) is 4.59. The Bertz CT molecular complexity index is 581. The summed E-state index contributed by atoms with van der Waals surface area (Å²) in [7, 11) is 0. The summed E-state index contributed by atoms with van der Waals surface area (Å²) >= 11 is 0. The predicted molar refractivity (Wildman–Crippen MR) is 71.3 cm³/mol. The molecule has 0 spiro atoms.